The molecule has 2 aromatic carbocycles. The van der Waals surface area contributed by atoms with Crippen molar-refractivity contribution in [2.75, 3.05) is 20.3 Å². The molecule has 0 radical (unpaired) electrons. The Morgan fingerprint density at radius 3 is 2.36 bits per heavy atom. The van der Waals surface area contributed by atoms with Crippen molar-refractivity contribution < 1.29 is 9.47 Å². The number of methoxy groups -OCH3 is 1. The van der Waals surface area contributed by atoms with Crippen LogP contribution in [0.1, 0.15) is 31.0 Å². The Hall–Kier alpha value is -2.17. The second-order valence-corrected chi connectivity index (χ2v) is 6.64. The quantitative estimate of drug-likeness (QED) is 0.837. The summed E-state index contributed by atoms with van der Waals surface area (Å²) in [7, 11) is 1.68. The molecule has 4 heteroatoms. The number of amidine groups is 1. The third-order valence-corrected chi connectivity index (χ3v) is 4.64. The van der Waals surface area contributed by atoms with Crippen molar-refractivity contribution in [3.8, 4) is 0 Å². The van der Waals surface area contributed by atoms with E-state index < -0.39 is 0 Å². The van der Waals surface area contributed by atoms with Crippen molar-refractivity contribution in [1.82, 2.24) is 5.32 Å². The van der Waals surface area contributed by atoms with E-state index in [0.717, 1.165) is 5.84 Å². The summed E-state index contributed by atoms with van der Waals surface area (Å²) >= 11 is 0. The van der Waals surface area contributed by atoms with E-state index >= 15 is 0 Å². The standard InChI is InChI=1S/C21H26N2O2/c1-16(14-24-3)25-15-19-22-20(17-10-6-4-7-11-17)21(2,23-19)18-12-8-5-9-13-18/h4-13,16,20H,14-15H2,1-3H3,(H,22,23)/t16?,20?,21-/m0/s1. The predicted molar refractivity (Wildman–Crippen MR) is 101 cm³/mol. The molecule has 4 nitrogen and oxygen atoms in total. The van der Waals surface area contributed by atoms with Gasteiger partial charge in [0.2, 0.25) is 0 Å². The zero-order chi connectivity index (χ0) is 17.7. The van der Waals surface area contributed by atoms with E-state index in [9.17, 15) is 0 Å². The van der Waals surface area contributed by atoms with Crippen LogP contribution in [0.2, 0.25) is 0 Å². The topological polar surface area (TPSA) is 42.9 Å². The highest BCUT2D eigenvalue weighted by atomic mass is 16.5. The Kier molecular flexibility index (Phi) is 5.51. The fraction of sp³-hybridized carbons (Fsp3) is 0.381. The minimum atomic E-state index is -0.369. The SMILES string of the molecule is COCC(C)OCC1=N[C@@](C)(c2ccccc2)C(c2ccccc2)N1. The number of rotatable bonds is 7. The van der Waals surface area contributed by atoms with Crippen LogP contribution in [0, 0.1) is 0 Å². The molecule has 0 bridgehead atoms. The van der Waals surface area contributed by atoms with E-state index in [1.807, 2.05) is 19.1 Å². The van der Waals surface area contributed by atoms with Gasteiger partial charge in [-0.05, 0) is 25.0 Å². The van der Waals surface area contributed by atoms with Crippen molar-refractivity contribution in [3.63, 3.8) is 0 Å². The predicted octanol–water partition coefficient (Wildman–Crippen LogP) is 3.70. The molecule has 0 fully saturated rings. The van der Waals surface area contributed by atoms with Gasteiger partial charge in [0.25, 0.3) is 0 Å². The molecule has 0 spiro atoms. The van der Waals surface area contributed by atoms with Crippen LogP contribution in [0.4, 0.5) is 0 Å². The fourth-order valence-electron chi connectivity index (χ4n) is 3.32. The van der Waals surface area contributed by atoms with Gasteiger partial charge in [-0.25, -0.2) is 0 Å². The molecule has 1 N–H and O–H groups in total. The monoisotopic (exact) mass is 338 g/mol. The van der Waals surface area contributed by atoms with Crippen molar-refractivity contribution in [1.29, 1.82) is 0 Å². The molecule has 3 rings (SSSR count). The average Bonchev–Trinajstić information content (AvgIpc) is 3.00. The van der Waals surface area contributed by atoms with Crippen molar-refractivity contribution in [2.24, 2.45) is 4.99 Å². The fourth-order valence-corrected chi connectivity index (χ4v) is 3.32. The molecule has 0 amide bonds. The zero-order valence-electron chi connectivity index (χ0n) is 15.1. The smallest absolute Gasteiger partial charge is 0.124 e. The van der Waals surface area contributed by atoms with Gasteiger partial charge in [0.1, 0.15) is 18.0 Å². The van der Waals surface area contributed by atoms with Gasteiger partial charge in [-0.1, -0.05) is 60.7 Å². The molecule has 1 heterocycles. The summed E-state index contributed by atoms with van der Waals surface area (Å²) in [6, 6.07) is 21.0. The molecule has 132 valence electrons. The van der Waals surface area contributed by atoms with Crippen molar-refractivity contribution in [2.45, 2.75) is 31.5 Å². The molecule has 1 aliphatic rings. The lowest BCUT2D eigenvalue weighted by molar-refractivity contribution is 0.0267. The first-order chi connectivity index (χ1) is 12.1. The second kappa shape index (κ2) is 7.81. The van der Waals surface area contributed by atoms with E-state index in [0.29, 0.717) is 13.2 Å². The largest absolute Gasteiger partial charge is 0.382 e. The number of hydrogen-bond acceptors (Lipinski definition) is 4. The second-order valence-electron chi connectivity index (χ2n) is 6.64. The maximum absolute atomic E-state index is 5.86. The highest BCUT2D eigenvalue weighted by Crippen LogP contribution is 2.41. The summed E-state index contributed by atoms with van der Waals surface area (Å²) in [5, 5.41) is 3.58. The third-order valence-electron chi connectivity index (χ3n) is 4.64. The van der Waals surface area contributed by atoms with Gasteiger partial charge in [0, 0.05) is 7.11 Å². The summed E-state index contributed by atoms with van der Waals surface area (Å²) < 4.78 is 11.0. The average molecular weight is 338 g/mol. The number of aliphatic imine (C=N–C) groups is 1. The molecule has 3 atom stereocenters. The molecular formula is C21H26N2O2. The minimum absolute atomic E-state index is 0.0354. The first-order valence-corrected chi connectivity index (χ1v) is 8.70. The van der Waals surface area contributed by atoms with E-state index in [-0.39, 0.29) is 17.7 Å². The Morgan fingerprint density at radius 1 is 1.08 bits per heavy atom. The Bertz CT molecular complexity index is 702. The summed E-state index contributed by atoms with van der Waals surface area (Å²) in [5.41, 5.74) is 2.04. The number of hydrogen-bond donors (Lipinski definition) is 1. The summed E-state index contributed by atoms with van der Waals surface area (Å²) in [6.07, 6.45) is 0.0354. The molecule has 1 aliphatic heterocycles. The maximum Gasteiger partial charge on any atom is 0.124 e. The number of ether oxygens (including phenoxy) is 2. The van der Waals surface area contributed by atoms with E-state index in [2.05, 4.69) is 60.8 Å². The number of benzene rings is 2. The van der Waals surface area contributed by atoms with Crippen LogP contribution in [0.15, 0.2) is 65.7 Å². The highest BCUT2D eigenvalue weighted by molar-refractivity contribution is 5.86. The van der Waals surface area contributed by atoms with E-state index in [4.69, 9.17) is 14.5 Å². The summed E-state index contributed by atoms with van der Waals surface area (Å²) in [6.45, 7) is 5.21. The zero-order valence-corrected chi connectivity index (χ0v) is 15.1. The van der Waals surface area contributed by atoms with Crippen LogP contribution in [-0.2, 0) is 15.0 Å². The third kappa shape index (κ3) is 3.91. The Labute approximate surface area is 149 Å². The van der Waals surface area contributed by atoms with Gasteiger partial charge in [-0.2, -0.15) is 0 Å². The van der Waals surface area contributed by atoms with Gasteiger partial charge in [-0.3, -0.25) is 4.99 Å². The summed E-state index contributed by atoms with van der Waals surface area (Å²) in [4.78, 5) is 5.02. The van der Waals surface area contributed by atoms with Gasteiger partial charge in [0.05, 0.1) is 18.8 Å². The van der Waals surface area contributed by atoms with Crippen LogP contribution in [0.3, 0.4) is 0 Å². The first kappa shape index (κ1) is 17.6. The lowest BCUT2D eigenvalue weighted by Crippen LogP contribution is -2.34. The molecular weight excluding hydrogens is 312 g/mol. The maximum atomic E-state index is 5.86. The van der Waals surface area contributed by atoms with Crippen LogP contribution in [0.25, 0.3) is 0 Å². The van der Waals surface area contributed by atoms with Crippen LogP contribution in [0.5, 0.6) is 0 Å². The molecule has 0 aliphatic carbocycles. The van der Waals surface area contributed by atoms with Crippen LogP contribution < -0.4 is 5.32 Å². The molecule has 0 aromatic heterocycles. The summed E-state index contributed by atoms with van der Waals surface area (Å²) in [5.74, 6) is 0.878. The number of nitrogens with zero attached hydrogens (tertiary/aromatic N) is 1. The lowest BCUT2D eigenvalue weighted by atomic mass is 9.82. The molecule has 25 heavy (non-hydrogen) atoms. The van der Waals surface area contributed by atoms with Crippen LogP contribution in [-0.4, -0.2) is 32.3 Å². The van der Waals surface area contributed by atoms with E-state index in [1.165, 1.54) is 11.1 Å². The van der Waals surface area contributed by atoms with Gasteiger partial charge >= 0.3 is 0 Å². The Balaban J connectivity index is 1.86. The minimum Gasteiger partial charge on any atom is -0.382 e. The lowest BCUT2D eigenvalue weighted by Gasteiger charge is -2.30. The van der Waals surface area contributed by atoms with E-state index in [1.54, 1.807) is 7.11 Å². The highest BCUT2D eigenvalue weighted by Gasteiger charge is 2.42. The molecule has 2 aromatic rings. The normalized spacial score (nSPS) is 23.8. The van der Waals surface area contributed by atoms with Crippen LogP contribution >= 0.6 is 0 Å². The number of nitrogens with one attached hydrogen (secondary N) is 1. The van der Waals surface area contributed by atoms with Crippen molar-refractivity contribution >= 4 is 5.84 Å². The van der Waals surface area contributed by atoms with Crippen molar-refractivity contribution in [3.05, 3.63) is 71.8 Å². The first-order valence-electron chi connectivity index (χ1n) is 8.70. The molecule has 0 saturated carbocycles. The van der Waals surface area contributed by atoms with Gasteiger partial charge < -0.3 is 14.8 Å². The van der Waals surface area contributed by atoms with Gasteiger partial charge in [0.15, 0.2) is 0 Å². The Morgan fingerprint density at radius 2 is 1.72 bits per heavy atom. The molecule has 0 saturated heterocycles. The van der Waals surface area contributed by atoms with Gasteiger partial charge in [-0.15, -0.1) is 0 Å². The molecule has 2 unspecified atom stereocenters.